The number of aliphatic hydroxyl groups is 2. The zero-order valence-electron chi connectivity index (χ0n) is 34.0. The summed E-state index contributed by atoms with van der Waals surface area (Å²) in [5.74, 6) is -0.342. The summed E-state index contributed by atoms with van der Waals surface area (Å²) in [5.41, 5.74) is 2.12. The lowest BCUT2D eigenvalue weighted by Crippen LogP contribution is -2.39. The normalized spacial score (nSPS) is 15.3. The Kier molecular flexibility index (Phi) is 15.4. The first kappa shape index (κ1) is 44.6. The standard InChI is InChI=1S/C49H51N3O8.H2S/c53-43(41-22-24-44(54)46-42(41)23-25-45(55)51-46)17-7-12-34-18-20-37(21-19-34)47(56)50-27-9-29-59-40-16-8-15-39(30-40)49(58,38-13-5-2-6-14-38)48(57)60-33-36-26-28-52(32-36)31-35-10-3-1-4-11-35;/h1-6,8,10-11,13-16,18-25,30,36,43,53-54,58H,7,9,12,17,26-29,31-33H2,(H,50,56)(H,51,55);1H2/t36-,43-,49-;/m0./s1. The highest BCUT2D eigenvalue weighted by molar-refractivity contribution is 7.59. The highest BCUT2D eigenvalue weighted by atomic mass is 32.1. The van der Waals surface area contributed by atoms with Gasteiger partial charge in [-0.15, -0.1) is 0 Å². The van der Waals surface area contributed by atoms with Crippen molar-refractivity contribution >= 4 is 36.3 Å². The van der Waals surface area contributed by atoms with Crippen molar-refractivity contribution < 1.29 is 34.4 Å². The molecule has 2 heterocycles. The van der Waals surface area contributed by atoms with Gasteiger partial charge in [-0.1, -0.05) is 91.0 Å². The molecule has 11 nitrogen and oxygen atoms in total. The second-order valence-electron chi connectivity index (χ2n) is 15.4. The number of phenols is 1. The molecule has 1 aliphatic heterocycles. The van der Waals surface area contributed by atoms with E-state index in [0.29, 0.717) is 77.7 Å². The average molecular weight is 844 g/mol. The van der Waals surface area contributed by atoms with E-state index in [1.807, 2.05) is 36.4 Å². The number of carbonyl (C=O) groups is 2. The van der Waals surface area contributed by atoms with Gasteiger partial charge in [0.05, 0.1) is 24.8 Å². The molecule has 3 atom stereocenters. The molecular weight excluding hydrogens is 791 g/mol. The van der Waals surface area contributed by atoms with Crippen LogP contribution in [0.2, 0.25) is 0 Å². The number of amides is 1. The second-order valence-corrected chi connectivity index (χ2v) is 15.4. The predicted octanol–water partition coefficient (Wildman–Crippen LogP) is 6.90. The largest absolute Gasteiger partial charge is 0.506 e. The third-order valence-corrected chi connectivity index (χ3v) is 11.1. The number of aliphatic hydroxyl groups excluding tert-OH is 1. The van der Waals surface area contributed by atoms with Crippen LogP contribution in [0, 0.1) is 5.92 Å². The molecule has 318 valence electrons. The minimum Gasteiger partial charge on any atom is -0.506 e. The van der Waals surface area contributed by atoms with Crippen molar-refractivity contribution in [1.82, 2.24) is 15.2 Å². The van der Waals surface area contributed by atoms with Crippen molar-refractivity contribution in [3.8, 4) is 11.5 Å². The fourth-order valence-electron chi connectivity index (χ4n) is 7.82. The van der Waals surface area contributed by atoms with Gasteiger partial charge in [0.25, 0.3) is 5.91 Å². The quantitative estimate of drug-likeness (QED) is 0.0458. The van der Waals surface area contributed by atoms with Gasteiger partial charge < -0.3 is 35.1 Å². The van der Waals surface area contributed by atoms with Crippen molar-refractivity contribution in [3.63, 3.8) is 0 Å². The van der Waals surface area contributed by atoms with E-state index in [-0.39, 0.29) is 43.2 Å². The summed E-state index contributed by atoms with van der Waals surface area (Å²) in [6.45, 7) is 3.45. The lowest BCUT2D eigenvalue weighted by Gasteiger charge is -2.28. The number of aromatic hydroxyl groups is 1. The van der Waals surface area contributed by atoms with E-state index < -0.39 is 17.7 Å². The molecule has 61 heavy (non-hydrogen) atoms. The zero-order valence-corrected chi connectivity index (χ0v) is 35.0. The number of aromatic amines is 1. The van der Waals surface area contributed by atoms with E-state index in [2.05, 4.69) is 27.3 Å². The SMILES string of the molecule is O=C(NCCCOc1cccc([C@](O)(C(=O)OC[C@H]2CCN(Cc3ccccc3)C2)c2ccccc2)c1)c1ccc(CCC[C@H](O)c2ccc(O)c3[nH]c(=O)ccc23)cc1.S. The summed E-state index contributed by atoms with van der Waals surface area (Å²) < 4.78 is 11.9. The van der Waals surface area contributed by atoms with Gasteiger partial charge in [-0.25, -0.2) is 4.79 Å². The van der Waals surface area contributed by atoms with Crippen molar-refractivity contribution in [2.75, 3.05) is 32.8 Å². The highest BCUT2D eigenvalue weighted by Gasteiger charge is 2.42. The summed E-state index contributed by atoms with van der Waals surface area (Å²) in [7, 11) is 0. The number of fused-ring (bicyclic) bond motifs is 1. The molecule has 1 aliphatic rings. The number of benzene rings is 5. The number of likely N-dealkylation sites (tertiary alicyclic amines) is 1. The maximum absolute atomic E-state index is 13.8. The van der Waals surface area contributed by atoms with E-state index >= 15 is 0 Å². The van der Waals surface area contributed by atoms with Crippen molar-refractivity contribution in [1.29, 1.82) is 0 Å². The number of nitrogens with one attached hydrogen (secondary N) is 2. The Morgan fingerprint density at radius 2 is 1.59 bits per heavy atom. The first-order valence-corrected chi connectivity index (χ1v) is 20.5. The van der Waals surface area contributed by atoms with Gasteiger partial charge in [-0.3, -0.25) is 14.5 Å². The second kappa shape index (κ2) is 21.0. The highest BCUT2D eigenvalue weighted by Crippen LogP contribution is 2.34. The molecule has 0 radical (unpaired) electrons. The smallest absolute Gasteiger partial charge is 0.347 e. The number of esters is 1. The first-order valence-electron chi connectivity index (χ1n) is 20.5. The first-order chi connectivity index (χ1) is 29.2. The average Bonchev–Trinajstić information content (AvgIpc) is 3.73. The van der Waals surface area contributed by atoms with Crippen LogP contribution >= 0.6 is 13.5 Å². The Morgan fingerprint density at radius 1 is 0.852 bits per heavy atom. The summed E-state index contributed by atoms with van der Waals surface area (Å²) in [6.07, 6.45) is 2.51. The molecule has 0 aliphatic carbocycles. The number of carbonyl (C=O) groups excluding carboxylic acids is 2. The van der Waals surface area contributed by atoms with Crippen LogP contribution in [0.4, 0.5) is 0 Å². The molecule has 5 aromatic carbocycles. The molecular formula is C49H53N3O8S. The van der Waals surface area contributed by atoms with Crippen LogP contribution in [-0.2, 0) is 28.1 Å². The van der Waals surface area contributed by atoms with Crippen molar-refractivity contribution in [2.24, 2.45) is 5.92 Å². The molecule has 7 rings (SSSR count). The molecule has 0 unspecified atom stereocenters. The van der Waals surface area contributed by atoms with E-state index in [9.17, 15) is 29.7 Å². The molecule has 12 heteroatoms. The number of aryl methyl sites for hydroxylation is 1. The maximum atomic E-state index is 13.8. The molecule has 1 aromatic heterocycles. The van der Waals surface area contributed by atoms with Gasteiger partial charge in [0.1, 0.15) is 11.5 Å². The topological polar surface area (TPSA) is 161 Å². The Bertz CT molecular complexity index is 2430. The van der Waals surface area contributed by atoms with Gasteiger partial charge in [0.15, 0.2) is 0 Å². The number of H-pyrrole nitrogens is 1. The van der Waals surface area contributed by atoms with Crippen molar-refractivity contribution in [3.05, 3.63) is 177 Å². The summed E-state index contributed by atoms with van der Waals surface area (Å²) >= 11 is 0. The van der Waals surface area contributed by atoms with Gasteiger partial charge in [-0.05, 0) is 97.3 Å². The van der Waals surface area contributed by atoms with Crippen LogP contribution in [0.3, 0.4) is 0 Å². The molecule has 0 bridgehead atoms. The minimum absolute atomic E-state index is 0. The van der Waals surface area contributed by atoms with E-state index in [0.717, 1.165) is 31.6 Å². The number of rotatable bonds is 18. The van der Waals surface area contributed by atoms with Crippen LogP contribution in [0.25, 0.3) is 10.9 Å². The minimum atomic E-state index is -2.04. The predicted molar refractivity (Wildman–Crippen MR) is 240 cm³/mol. The Balaban J connectivity index is 0.00000622. The lowest BCUT2D eigenvalue weighted by atomic mass is 9.86. The fraction of sp³-hybridized carbons (Fsp3) is 0.286. The summed E-state index contributed by atoms with van der Waals surface area (Å²) in [4.78, 5) is 43.4. The molecule has 1 saturated heterocycles. The van der Waals surface area contributed by atoms with Crippen molar-refractivity contribution in [2.45, 2.75) is 50.4 Å². The molecule has 5 N–H and O–H groups in total. The number of nitrogens with zero attached hydrogens (tertiary/aromatic N) is 1. The fourth-order valence-corrected chi connectivity index (χ4v) is 7.82. The van der Waals surface area contributed by atoms with Crippen LogP contribution < -0.4 is 15.6 Å². The number of hydrogen-bond donors (Lipinski definition) is 5. The number of hydrogen-bond acceptors (Lipinski definition) is 9. The lowest BCUT2D eigenvalue weighted by molar-refractivity contribution is -0.163. The summed E-state index contributed by atoms with van der Waals surface area (Å²) in [6, 6.07) is 39.4. The Hall–Kier alpha value is -5.92. The van der Waals surface area contributed by atoms with Gasteiger partial charge in [0.2, 0.25) is 11.2 Å². The molecule has 1 fully saturated rings. The van der Waals surface area contributed by atoms with E-state index in [1.54, 1.807) is 72.8 Å². The van der Waals surface area contributed by atoms with Crippen LogP contribution in [-0.4, -0.2) is 69.9 Å². The maximum Gasteiger partial charge on any atom is 0.347 e. The number of phenolic OH excluding ortho intramolecular Hbond substituents is 1. The molecule has 0 saturated carbocycles. The number of pyridine rings is 1. The third kappa shape index (κ3) is 11.3. The molecule has 1 amide bonds. The van der Waals surface area contributed by atoms with Gasteiger partial charge in [0, 0.05) is 48.1 Å². The Labute approximate surface area is 362 Å². The van der Waals surface area contributed by atoms with E-state index in [1.165, 1.54) is 17.7 Å². The zero-order chi connectivity index (χ0) is 41.9. The molecule has 0 spiro atoms. The summed E-state index contributed by atoms with van der Waals surface area (Å²) in [5, 5.41) is 36.7. The third-order valence-electron chi connectivity index (χ3n) is 11.1. The van der Waals surface area contributed by atoms with Crippen LogP contribution in [0.1, 0.15) is 70.0 Å². The van der Waals surface area contributed by atoms with Crippen LogP contribution in [0.15, 0.2) is 138 Å². The van der Waals surface area contributed by atoms with E-state index in [4.69, 9.17) is 9.47 Å². The molecule has 6 aromatic rings. The number of ether oxygens (including phenoxy) is 2. The van der Waals surface area contributed by atoms with Gasteiger partial charge >= 0.3 is 5.97 Å². The van der Waals surface area contributed by atoms with Crippen LogP contribution in [0.5, 0.6) is 11.5 Å². The van der Waals surface area contributed by atoms with Gasteiger partial charge in [-0.2, -0.15) is 13.5 Å². The monoisotopic (exact) mass is 843 g/mol. The number of aromatic nitrogens is 1. The Morgan fingerprint density at radius 3 is 2.36 bits per heavy atom.